The summed E-state index contributed by atoms with van der Waals surface area (Å²) >= 11 is 0. The number of carbonyl (C=O) groups is 2. The van der Waals surface area contributed by atoms with E-state index in [1.807, 2.05) is 0 Å². The Kier molecular flexibility index (Phi) is 5.18. The van der Waals surface area contributed by atoms with Crippen LogP contribution in [0.4, 0.5) is 5.69 Å². The number of aromatic carboxylic acids is 1. The van der Waals surface area contributed by atoms with Crippen molar-refractivity contribution in [2.45, 2.75) is 0 Å². The summed E-state index contributed by atoms with van der Waals surface area (Å²) in [5, 5.41) is 21.9. The van der Waals surface area contributed by atoms with Crippen LogP contribution in [-0.2, 0) is 7.05 Å². The van der Waals surface area contributed by atoms with Gasteiger partial charge in [-0.3, -0.25) is 14.6 Å². The average molecular weight is 320 g/mol. The zero-order valence-corrected chi connectivity index (χ0v) is 12.0. The van der Waals surface area contributed by atoms with Gasteiger partial charge >= 0.3 is 24.8 Å². The Bertz CT molecular complexity index is 875. The van der Waals surface area contributed by atoms with Crippen molar-refractivity contribution in [2.75, 3.05) is 5.32 Å². The molecule has 0 spiro atoms. The van der Waals surface area contributed by atoms with Gasteiger partial charge in [0.25, 0.3) is 5.91 Å². The molecule has 0 fully saturated rings. The van der Waals surface area contributed by atoms with E-state index < -0.39 is 11.9 Å². The van der Waals surface area contributed by atoms with E-state index in [4.69, 9.17) is 5.11 Å². The zero-order valence-electron chi connectivity index (χ0n) is 12.0. The number of hydrogen-bond donors (Lipinski definition) is 3. The van der Waals surface area contributed by atoms with E-state index in [2.05, 4.69) is 25.6 Å². The van der Waals surface area contributed by atoms with Gasteiger partial charge in [0.1, 0.15) is 5.69 Å². The summed E-state index contributed by atoms with van der Waals surface area (Å²) in [5.74, 6) is -1.74. The topological polar surface area (TPSA) is 126 Å². The van der Waals surface area contributed by atoms with E-state index in [0.29, 0.717) is 5.69 Å². The van der Waals surface area contributed by atoms with Crippen molar-refractivity contribution in [1.82, 2.24) is 25.0 Å². The van der Waals surface area contributed by atoms with Crippen molar-refractivity contribution in [3.8, 4) is 11.3 Å². The molecule has 3 heterocycles. The first kappa shape index (κ1) is 17.5. The first-order valence-electron chi connectivity index (χ1n) is 6.59. The Balaban J connectivity index is 0.00000208. The van der Waals surface area contributed by atoms with Gasteiger partial charge in [-0.05, 0) is 12.1 Å². The number of anilines is 1. The number of aromatic nitrogens is 5. The first-order valence-corrected chi connectivity index (χ1v) is 6.59. The van der Waals surface area contributed by atoms with Gasteiger partial charge in [-0.15, -0.1) is 0 Å². The summed E-state index contributed by atoms with van der Waals surface area (Å²) in [6.07, 6.45) is 4.67. The summed E-state index contributed by atoms with van der Waals surface area (Å²) in [5.41, 5.74) is 1.36. The molecule has 0 aliphatic carbocycles. The minimum absolute atomic E-state index is 0. The number of nitrogens with one attached hydrogen (secondary N) is 2. The minimum atomic E-state index is -1.22. The summed E-state index contributed by atoms with van der Waals surface area (Å²) in [7, 11) is 1.57. The predicted molar refractivity (Wildman–Crippen MR) is 87.1 cm³/mol. The normalized spacial score (nSPS) is 10.0. The van der Waals surface area contributed by atoms with Gasteiger partial charge in [-0.1, -0.05) is 6.07 Å². The number of carbonyl (C=O) groups excluding carboxylic acids is 1. The summed E-state index contributed by atoms with van der Waals surface area (Å²) in [6.45, 7) is 0. The second kappa shape index (κ2) is 7.12. The molecule has 0 unspecified atom stereocenters. The van der Waals surface area contributed by atoms with Gasteiger partial charge in [-0.2, -0.15) is 10.2 Å². The van der Waals surface area contributed by atoms with Crippen LogP contribution in [0.15, 0.2) is 36.8 Å². The number of carboxylic acid groups (broad SMARTS) is 1. The molecule has 3 aromatic rings. The van der Waals surface area contributed by atoms with Crippen molar-refractivity contribution >= 4 is 36.4 Å². The molecule has 0 aliphatic rings. The standard InChI is InChI=1S/C14H12N6O3.Li.H/c1-20-7-11(12(19-20)14(22)23)18-13(21)10-4-2-3-9(17-10)8-5-15-16-6-8;;/h2-7H,1H3,(H,15,16)(H,18,21)(H,22,23);;. The Morgan fingerprint density at radius 1 is 1.33 bits per heavy atom. The number of nitrogens with zero attached hydrogens (tertiary/aromatic N) is 4. The molecule has 0 aliphatic heterocycles. The van der Waals surface area contributed by atoms with E-state index in [9.17, 15) is 9.59 Å². The number of aryl methyl sites for hydroxylation is 1. The molecule has 0 radical (unpaired) electrons. The Morgan fingerprint density at radius 2 is 2.12 bits per heavy atom. The molecule has 9 nitrogen and oxygen atoms in total. The van der Waals surface area contributed by atoms with Crippen LogP contribution in [0.1, 0.15) is 21.0 Å². The van der Waals surface area contributed by atoms with Crippen molar-refractivity contribution in [3.05, 3.63) is 48.2 Å². The first-order chi connectivity index (χ1) is 11.0. The Labute approximate surface area is 148 Å². The third-order valence-electron chi connectivity index (χ3n) is 3.06. The number of rotatable bonds is 4. The number of carboxylic acids is 1. The monoisotopic (exact) mass is 320 g/mol. The second-order valence-corrected chi connectivity index (χ2v) is 4.72. The van der Waals surface area contributed by atoms with E-state index in [1.165, 1.54) is 16.9 Å². The molecule has 24 heavy (non-hydrogen) atoms. The molecule has 0 bridgehead atoms. The summed E-state index contributed by atoms with van der Waals surface area (Å²) in [4.78, 5) is 27.6. The molecule has 3 N–H and O–H groups in total. The SMILES string of the molecule is Cn1cc(NC(=O)c2cccc(-c3cn[nH]c3)n2)c(C(=O)O)n1.[LiH]. The van der Waals surface area contributed by atoms with Crippen LogP contribution in [-0.4, -0.2) is 60.8 Å². The molecule has 1 amide bonds. The second-order valence-electron chi connectivity index (χ2n) is 4.72. The average Bonchev–Trinajstić information content (AvgIpc) is 3.17. The molecule has 0 atom stereocenters. The fraction of sp³-hybridized carbons (Fsp3) is 0.0714. The van der Waals surface area contributed by atoms with Gasteiger partial charge in [0.05, 0.1) is 17.6 Å². The number of aromatic amines is 1. The van der Waals surface area contributed by atoms with Crippen LogP contribution in [0.2, 0.25) is 0 Å². The predicted octanol–water partition coefficient (Wildman–Crippen LogP) is 0.507. The third kappa shape index (κ3) is 3.53. The number of amides is 1. The third-order valence-corrected chi connectivity index (χ3v) is 3.06. The van der Waals surface area contributed by atoms with Gasteiger partial charge in [-0.25, -0.2) is 9.78 Å². The molecule has 3 rings (SSSR count). The molecular formula is C14H13LiN6O3. The van der Waals surface area contributed by atoms with E-state index >= 15 is 0 Å². The molecular weight excluding hydrogens is 307 g/mol. The summed E-state index contributed by atoms with van der Waals surface area (Å²) < 4.78 is 1.31. The van der Waals surface area contributed by atoms with Crippen molar-refractivity contribution in [2.24, 2.45) is 7.05 Å². The molecule has 10 heteroatoms. The molecule has 0 aromatic carbocycles. The van der Waals surface area contributed by atoms with Crippen LogP contribution in [0.3, 0.4) is 0 Å². The maximum absolute atomic E-state index is 12.3. The number of H-pyrrole nitrogens is 1. The van der Waals surface area contributed by atoms with Crippen molar-refractivity contribution in [3.63, 3.8) is 0 Å². The number of pyridine rings is 1. The molecule has 118 valence electrons. The van der Waals surface area contributed by atoms with Gasteiger partial charge in [0.15, 0.2) is 5.69 Å². The number of hydrogen-bond acceptors (Lipinski definition) is 5. The van der Waals surface area contributed by atoms with Crippen molar-refractivity contribution in [1.29, 1.82) is 0 Å². The molecule has 0 saturated carbocycles. The quantitative estimate of drug-likeness (QED) is 0.601. The van der Waals surface area contributed by atoms with Crippen LogP contribution in [0.25, 0.3) is 11.3 Å². The zero-order chi connectivity index (χ0) is 16.4. The van der Waals surface area contributed by atoms with Crippen LogP contribution in [0.5, 0.6) is 0 Å². The maximum atomic E-state index is 12.3. The van der Waals surface area contributed by atoms with E-state index in [-0.39, 0.29) is 35.9 Å². The fourth-order valence-electron chi connectivity index (χ4n) is 2.04. The van der Waals surface area contributed by atoms with Crippen LogP contribution in [0, 0.1) is 0 Å². The Hall–Kier alpha value is -2.89. The van der Waals surface area contributed by atoms with E-state index in [0.717, 1.165) is 5.56 Å². The van der Waals surface area contributed by atoms with E-state index in [1.54, 1.807) is 31.6 Å². The van der Waals surface area contributed by atoms with Crippen LogP contribution >= 0.6 is 0 Å². The molecule has 3 aromatic heterocycles. The van der Waals surface area contributed by atoms with Gasteiger partial charge in [0, 0.05) is 25.0 Å². The summed E-state index contributed by atoms with van der Waals surface area (Å²) in [6, 6.07) is 4.97. The molecule has 0 saturated heterocycles. The Morgan fingerprint density at radius 3 is 2.79 bits per heavy atom. The van der Waals surface area contributed by atoms with Gasteiger partial charge in [0.2, 0.25) is 0 Å². The van der Waals surface area contributed by atoms with Crippen molar-refractivity contribution < 1.29 is 14.7 Å². The fourth-order valence-corrected chi connectivity index (χ4v) is 2.04. The van der Waals surface area contributed by atoms with Gasteiger partial charge < -0.3 is 10.4 Å². The van der Waals surface area contributed by atoms with Crippen LogP contribution < -0.4 is 5.32 Å².